The van der Waals surface area contributed by atoms with E-state index in [2.05, 4.69) is 21.2 Å². The lowest BCUT2D eigenvalue weighted by Gasteiger charge is -2.27. The van der Waals surface area contributed by atoms with E-state index in [0.29, 0.717) is 0 Å². The third-order valence-electron chi connectivity index (χ3n) is 2.82. The van der Waals surface area contributed by atoms with Gasteiger partial charge < -0.3 is 0 Å². The molecule has 1 saturated carbocycles. The molecule has 0 N–H and O–H groups in total. The molecule has 0 aromatic heterocycles. The van der Waals surface area contributed by atoms with Crippen molar-refractivity contribution in [1.82, 2.24) is 5.01 Å². The van der Waals surface area contributed by atoms with E-state index in [1.54, 1.807) is 0 Å². The van der Waals surface area contributed by atoms with Crippen molar-refractivity contribution >= 4 is 11.4 Å². The summed E-state index contributed by atoms with van der Waals surface area (Å²) in [7, 11) is 0. The fraction of sp³-hybridized carbons (Fsp3) is 0.600. The molecular formula is C10H13N3. The van der Waals surface area contributed by atoms with Crippen LogP contribution < -0.4 is 0 Å². The Balaban J connectivity index is 2.01. The van der Waals surface area contributed by atoms with E-state index in [0.717, 1.165) is 31.6 Å². The predicted octanol–water partition coefficient (Wildman–Crippen LogP) is 1.92. The SMILES string of the molecule is C1=C2N=C3CCCC3=NN2CCC1. The number of nitrogens with zero attached hydrogens (tertiary/aromatic N) is 3. The van der Waals surface area contributed by atoms with Crippen molar-refractivity contribution < 1.29 is 0 Å². The van der Waals surface area contributed by atoms with Crippen LogP contribution in [0.15, 0.2) is 22.0 Å². The van der Waals surface area contributed by atoms with Crippen LogP contribution in [0.25, 0.3) is 0 Å². The Morgan fingerprint density at radius 1 is 1.15 bits per heavy atom. The predicted molar refractivity (Wildman–Crippen MR) is 52.7 cm³/mol. The molecule has 0 saturated heterocycles. The highest BCUT2D eigenvalue weighted by Gasteiger charge is 2.25. The molecule has 0 amide bonds. The van der Waals surface area contributed by atoms with E-state index >= 15 is 0 Å². The Morgan fingerprint density at radius 2 is 2.08 bits per heavy atom. The van der Waals surface area contributed by atoms with Crippen molar-refractivity contribution in [2.45, 2.75) is 32.1 Å². The maximum absolute atomic E-state index is 4.64. The van der Waals surface area contributed by atoms with Gasteiger partial charge in [0.15, 0.2) is 0 Å². The Bertz CT molecular complexity index is 325. The van der Waals surface area contributed by atoms with Crippen molar-refractivity contribution in [2.75, 3.05) is 6.54 Å². The first kappa shape index (κ1) is 7.30. The van der Waals surface area contributed by atoms with Crippen LogP contribution in [-0.2, 0) is 0 Å². The lowest BCUT2D eigenvalue weighted by Crippen LogP contribution is -2.28. The molecule has 2 heterocycles. The number of fused-ring (bicyclic) bond motifs is 2. The smallest absolute Gasteiger partial charge is 0.145 e. The third kappa shape index (κ3) is 1.10. The largest absolute Gasteiger partial charge is 0.248 e. The van der Waals surface area contributed by atoms with E-state index in [4.69, 9.17) is 0 Å². The summed E-state index contributed by atoms with van der Waals surface area (Å²) in [5, 5.41) is 6.68. The van der Waals surface area contributed by atoms with Crippen LogP contribution >= 0.6 is 0 Å². The van der Waals surface area contributed by atoms with Gasteiger partial charge in [-0.05, 0) is 38.2 Å². The Kier molecular flexibility index (Phi) is 1.51. The second-order valence-corrected chi connectivity index (χ2v) is 3.79. The lowest BCUT2D eigenvalue weighted by molar-refractivity contribution is 0.334. The highest BCUT2D eigenvalue weighted by atomic mass is 15.5. The van der Waals surface area contributed by atoms with Crippen LogP contribution in [-0.4, -0.2) is 23.0 Å². The molecule has 3 nitrogen and oxygen atoms in total. The number of allylic oxidation sites excluding steroid dienone is 1. The molecule has 3 rings (SSSR count). The van der Waals surface area contributed by atoms with Crippen LogP contribution in [0.4, 0.5) is 0 Å². The molecule has 3 aliphatic rings. The second-order valence-electron chi connectivity index (χ2n) is 3.79. The summed E-state index contributed by atoms with van der Waals surface area (Å²) in [6.45, 7) is 1.05. The Morgan fingerprint density at radius 3 is 3.08 bits per heavy atom. The Labute approximate surface area is 77.8 Å². The molecule has 0 radical (unpaired) electrons. The van der Waals surface area contributed by atoms with Crippen LogP contribution in [0.2, 0.25) is 0 Å². The standard InChI is InChI=1S/C10H13N3/c1-2-7-13-10(6-1)11-8-4-3-5-9(8)12-13/h6H,1-5,7H2. The number of hydrogen-bond acceptors (Lipinski definition) is 3. The average Bonchev–Trinajstić information content (AvgIpc) is 2.61. The van der Waals surface area contributed by atoms with Crippen molar-refractivity contribution in [1.29, 1.82) is 0 Å². The van der Waals surface area contributed by atoms with Crippen molar-refractivity contribution in [2.24, 2.45) is 10.1 Å². The normalized spacial score (nSPS) is 25.8. The average molecular weight is 175 g/mol. The Hall–Kier alpha value is -1.12. The van der Waals surface area contributed by atoms with E-state index in [-0.39, 0.29) is 0 Å². The van der Waals surface area contributed by atoms with Gasteiger partial charge in [0.1, 0.15) is 5.82 Å². The van der Waals surface area contributed by atoms with Crippen LogP contribution in [0, 0.1) is 0 Å². The molecule has 0 aromatic rings. The number of hydrazone groups is 1. The van der Waals surface area contributed by atoms with Crippen LogP contribution in [0.5, 0.6) is 0 Å². The van der Waals surface area contributed by atoms with E-state index < -0.39 is 0 Å². The minimum atomic E-state index is 1.05. The summed E-state index contributed by atoms with van der Waals surface area (Å²) in [5.74, 6) is 1.09. The first-order valence-corrected chi connectivity index (χ1v) is 5.06. The highest BCUT2D eigenvalue weighted by Crippen LogP contribution is 2.25. The molecule has 0 spiro atoms. The summed E-state index contributed by atoms with van der Waals surface area (Å²) in [6.07, 6.45) is 8.07. The van der Waals surface area contributed by atoms with Crippen molar-refractivity contribution in [3.63, 3.8) is 0 Å². The summed E-state index contributed by atoms with van der Waals surface area (Å²) in [5.41, 5.74) is 2.48. The summed E-state index contributed by atoms with van der Waals surface area (Å²) >= 11 is 0. The van der Waals surface area contributed by atoms with Crippen molar-refractivity contribution in [3.05, 3.63) is 11.9 Å². The van der Waals surface area contributed by atoms with Gasteiger partial charge in [0.2, 0.25) is 0 Å². The molecule has 0 atom stereocenters. The van der Waals surface area contributed by atoms with Gasteiger partial charge in [0, 0.05) is 6.54 Å². The summed E-state index contributed by atoms with van der Waals surface area (Å²) < 4.78 is 0. The zero-order valence-corrected chi connectivity index (χ0v) is 7.66. The quantitative estimate of drug-likeness (QED) is 0.552. The van der Waals surface area contributed by atoms with Crippen LogP contribution in [0.1, 0.15) is 32.1 Å². The van der Waals surface area contributed by atoms with Gasteiger partial charge in [-0.1, -0.05) is 0 Å². The van der Waals surface area contributed by atoms with Gasteiger partial charge in [-0.15, -0.1) is 0 Å². The fourth-order valence-electron chi connectivity index (χ4n) is 2.12. The molecule has 0 aromatic carbocycles. The number of rotatable bonds is 0. The minimum Gasteiger partial charge on any atom is -0.248 e. The number of hydrogen-bond donors (Lipinski definition) is 0. The van der Waals surface area contributed by atoms with E-state index in [1.165, 1.54) is 24.3 Å². The van der Waals surface area contributed by atoms with Gasteiger partial charge in [-0.2, -0.15) is 5.10 Å². The highest BCUT2D eigenvalue weighted by molar-refractivity contribution is 6.44. The van der Waals surface area contributed by atoms with Crippen molar-refractivity contribution in [3.8, 4) is 0 Å². The monoisotopic (exact) mass is 175 g/mol. The van der Waals surface area contributed by atoms with E-state index in [1.807, 2.05) is 0 Å². The number of aliphatic imine (C=N–C) groups is 1. The first-order chi connectivity index (χ1) is 6.43. The molecular weight excluding hydrogens is 162 g/mol. The molecule has 1 aliphatic carbocycles. The molecule has 0 unspecified atom stereocenters. The zero-order chi connectivity index (χ0) is 8.67. The maximum Gasteiger partial charge on any atom is 0.145 e. The molecule has 0 bridgehead atoms. The van der Waals surface area contributed by atoms with Gasteiger partial charge >= 0.3 is 0 Å². The maximum atomic E-state index is 4.64. The molecule has 68 valence electrons. The summed E-state index contributed by atoms with van der Waals surface area (Å²) in [4.78, 5) is 4.64. The topological polar surface area (TPSA) is 28.0 Å². The van der Waals surface area contributed by atoms with Gasteiger partial charge in [0.25, 0.3) is 0 Å². The minimum absolute atomic E-state index is 1.05. The first-order valence-electron chi connectivity index (χ1n) is 5.06. The van der Waals surface area contributed by atoms with Gasteiger partial charge in [-0.25, -0.2) is 10.0 Å². The second kappa shape index (κ2) is 2.69. The van der Waals surface area contributed by atoms with Gasteiger partial charge in [-0.3, -0.25) is 0 Å². The zero-order valence-electron chi connectivity index (χ0n) is 7.66. The van der Waals surface area contributed by atoms with E-state index in [9.17, 15) is 0 Å². The summed E-state index contributed by atoms with van der Waals surface area (Å²) in [6, 6.07) is 0. The van der Waals surface area contributed by atoms with Gasteiger partial charge in [0.05, 0.1) is 11.4 Å². The molecule has 1 fully saturated rings. The molecule has 2 aliphatic heterocycles. The van der Waals surface area contributed by atoms with Crippen LogP contribution in [0.3, 0.4) is 0 Å². The fourth-order valence-corrected chi connectivity index (χ4v) is 2.12. The third-order valence-corrected chi connectivity index (χ3v) is 2.82. The lowest BCUT2D eigenvalue weighted by atomic mass is 10.2. The molecule has 3 heteroatoms. The molecule has 13 heavy (non-hydrogen) atoms.